The monoisotopic (exact) mass is 410 g/mol. The molecule has 0 atom stereocenters. The lowest BCUT2D eigenvalue weighted by molar-refractivity contribution is -0.118. The van der Waals surface area contributed by atoms with Crippen molar-refractivity contribution in [3.8, 4) is 5.75 Å². The van der Waals surface area contributed by atoms with E-state index < -0.39 is 34.2 Å². The number of sulfonamides is 1. The summed E-state index contributed by atoms with van der Waals surface area (Å²) in [5.41, 5.74) is -0.158. The van der Waals surface area contributed by atoms with Crippen LogP contribution in [0.4, 0.5) is 14.5 Å². The van der Waals surface area contributed by atoms with Crippen LogP contribution in [0.1, 0.15) is 25.7 Å². The fraction of sp³-hybridized carbons (Fsp3) is 0.316. The number of carbonyl (C=O) groups excluding carboxylic acids is 1. The van der Waals surface area contributed by atoms with Crippen LogP contribution in [0.25, 0.3) is 0 Å². The molecule has 0 unspecified atom stereocenters. The molecule has 0 aromatic heterocycles. The van der Waals surface area contributed by atoms with E-state index in [2.05, 4.69) is 10.0 Å². The SMILES string of the molecule is O=C(COc1ccc(S(=O)(=O)NC2CCCC2)cc1)Nc1ccc(F)cc1F. The molecule has 0 bridgehead atoms. The standard InChI is InChI=1S/C19H20F2N2O4S/c20-13-5-10-18(17(21)11-13)22-19(24)12-27-15-6-8-16(9-7-15)28(25,26)23-14-3-1-2-4-14/h5-11,14,23H,1-4,12H2,(H,22,24). The molecule has 2 aromatic carbocycles. The zero-order valence-corrected chi connectivity index (χ0v) is 15.8. The predicted molar refractivity (Wildman–Crippen MR) is 99.5 cm³/mol. The van der Waals surface area contributed by atoms with Gasteiger partial charge in [-0.1, -0.05) is 12.8 Å². The lowest BCUT2D eigenvalue weighted by Gasteiger charge is -2.13. The second-order valence-electron chi connectivity index (χ2n) is 6.54. The quantitative estimate of drug-likeness (QED) is 0.734. The highest BCUT2D eigenvalue weighted by molar-refractivity contribution is 7.89. The molecule has 6 nitrogen and oxygen atoms in total. The van der Waals surface area contributed by atoms with Gasteiger partial charge in [0.25, 0.3) is 5.91 Å². The fourth-order valence-electron chi connectivity index (χ4n) is 2.97. The molecule has 1 amide bonds. The van der Waals surface area contributed by atoms with Gasteiger partial charge in [0.1, 0.15) is 17.4 Å². The normalized spacial score (nSPS) is 14.8. The second kappa shape index (κ2) is 8.66. The molecule has 0 spiro atoms. The van der Waals surface area contributed by atoms with Gasteiger partial charge >= 0.3 is 0 Å². The summed E-state index contributed by atoms with van der Waals surface area (Å²) in [4.78, 5) is 12.0. The number of ether oxygens (including phenoxy) is 1. The highest BCUT2D eigenvalue weighted by atomic mass is 32.2. The van der Waals surface area contributed by atoms with E-state index in [4.69, 9.17) is 4.74 Å². The molecule has 150 valence electrons. The van der Waals surface area contributed by atoms with Crippen molar-refractivity contribution >= 4 is 21.6 Å². The van der Waals surface area contributed by atoms with Crippen LogP contribution in [0.3, 0.4) is 0 Å². The Balaban J connectivity index is 1.54. The lowest BCUT2D eigenvalue weighted by Crippen LogP contribution is -2.32. The minimum Gasteiger partial charge on any atom is -0.484 e. The van der Waals surface area contributed by atoms with Gasteiger partial charge in [-0.2, -0.15) is 0 Å². The number of hydrogen-bond donors (Lipinski definition) is 2. The van der Waals surface area contributed by atoms with E-state index in [0.29, 0.717) is 6.07 Å². The average Bonchev–Trinajstić information content (AvgIpc) is 3.15. The summed E-state index contributed by atoms with van der Waals surface area (Å²) in [5, 5.41) is 2.27. The van der Waals surface area contributed by atoms with Gasteiger partial charge < -0.3 is 10.1 Å². The van der Waals surface area contributed by atoms with Crippen LogP contribution in [0.5, 0.6) is 5.75 Å². The molecule has 1 aliphatic rings. The molecule has 0 saturated heterocycles. The maximum atomic E-state index is 13.5. The number of nitrogens with one attached hydrogen (secondary N) is 2. The van der Waals surface area contributed by atoms with E-state index in [0.717, 1.165) is 37.8 Å². The number of hydrogen-bond acceptors (Lipinski definition) is 4. The van der Waals surface area contributed by atoms with Crippen LogP contribution in [0, 0.1) is 11.6 Å². The molecule has 0 radical (unpaired) electrons. The minimum absolute atomic E-state index is 0.0310. The van der Waals surface area contributed by atoms with Crippen molar-refractivity contribution in [2.45, 2.75) is 36.6 Å². The highest BCUT2D eigenvalue weighted by Crippen LogP contribution is 2.22. The number of halogens is 2. The molecular formula is C19H20F2N2O4S. The molecule has 9 heteroatoms. The topological polar surface area (TPSA) is 84.5 Å². The Morgan fingerprint density at radius 1 is 1.07 bits per heavy atom. The largest absolute Gasteiger partial charge is 0.484 e. The average molecular weight is 410 g/mol. The summed E-state index contributed by atoms with van der Waals surface area (Å²) >= 11 is 0. The van der Waals surface area contributed by atoms with Gasteiger partial charge in [-0.25, -0.2) is 21.9 Å². The van der Waals surface area contributed by atoms with Crippen molar-refractivity contribution in [3.05, 3.63) is 54.1 Å². The van der Waals surface area contributed by atoms with Gasteiger partial charge in [0.2, 0.25) is 10.0 Å². The van der Waals surface area contributed by atoms with Crippen LogP contribution in [-0.4, -0.2) is 27.0 Å². The Bertz CT molecular complexity index is 943. The third kappa shape index (κ3) is 5.26. The van der Waals surface area contributed by atoms with E-state index in [-0.39, 0.29) is 22.4 Å². The second-order valence-corrected chi connectivity index (χ2v) is 8.25. The Labute approximate surface area is 162 Å². The smallest absolute Gasteiger partial charge is 0.262 e. The Kier molecular flexibility index (Phi) is 6.25. The van der Waals surface area contributed by atoms with Gasteiger partial charge in [0.05, 0.1) is 10.6 Å². The van der Waals surface area contributed by atoms with Gasteiger partial charge in [-0.15, -0.1) is 0 Å². The summed E-state index contributed by atoms with van der Waals surface area (Å²) < 4.78 is 59.0. The first-order valence-corrected chi connectivity index (χ1v) is 10.3. The van der Waals surface area contributed by atoms with Gasteiger partial charge in [0.15, 0.2) is 6.61 Å². The van der Waals surface area contributed by atoms with Gasteiger partial charge in [-0.05, 0) is 49.2 Å². The first kappa shape index (κ1) is 20.2. The number of rotatable bonds is 7. The molecule has 1 saturated carbocycles. The predicted octanol–water partition coefficient (Wildman–Crippen LogP) is 3.20. The van der Waals surface area contributed by atoms with E-state index in [1.165, 1.54) is 24.3 Å². The van der Waals surface area contributed by atoms with Crippen molar-refractivity contribution in [1.82, 2.24) is 4.72 Å². The summed E-state index contributed by atoms with van der Waals surface area (Å²) in [7, 11) is -3.60. The first-order chi connectivity index (χ1) is 13.3. The van der Waals surface area contributed by atoms with Crippen LogP contribution in [0.15, 0.2) is 47.4 Å². The summed E-state index contributed by atoms with van der Waals surface area (Å²) in [5.74, 6) is -1.98. The molecule has 2 aromatic rings. The van der Waals surface area contributed by atoms with E-state index in [1.54, 1.807) is 0 Å². The number of carbonyl (C=O) groups is 1. The molecule has 1 aliphatic carbocycles. The zero-order valence-electron chi connectivity index (χ0n) is 15.0. The molecule has 3 rings (SSSR count). The van der Waals surface area contributed by atoms with Crippen molar-refractivity contribution in [2.24, 2.45) is 0 Å². The maximum absolute atomic E-state index is 13.5. The van der Waals surface area contributed by atoms with Crippen LogP contribution in [0.2, 0.25) is 0 Å². The Morgan fingerprint density at radius 2 is 1.75 bits per heavy atom. The number of anilines is 1. The zero-order chi connectivity index (χ0) is 20.1. The van der Waals surface area contributed by atoms with Gasteiger partial charge in [0, 0.05) is 12.1 Å². The molecule has 1 fully saturated rings. The van der Waals surface area contributed by atoms with Crippen molar-refractivity contribution < 1.29 is 26.7 Å². The van der Waals surface area contributed by atoms with Crippen LogP contribution >= 0.6 is 0 Å². The van der Waals surface area contributed by atoms with Crippen molar-refractivity contribution in [2.75, 3.05) is 11.9 Å². The summed E-state index contributed by atoms with van der Waals surface area (Å²) in [6.45, 7) is -0.413. The number of amides is 1. The summed E-state index contributed by atoms with van der Waals surface area (Å²) in [6.07, 6.45) is 3.71. The fourth-order valence-corrected chi connectivity index (χ4v) is 4.28. The lowest BCUT2D eigenvalue weighted by atomic mass is 10.3. The third-order valence-corrected chi connectivity index (χ3v) is 5.92. The number of benzene rings is 2. The van der Waals surface area contributed by atoms with Crippen molar-refractivity contribution in [1.29, 1.82) is 0 Å². The Hall–Kier alpha value is -2.52. The molecule has 0 aliphatic heterocycles. The van der Waals surface area contributed by atoms with E-state index >= 15 is 0 Å². The van der Waals surface area contributed by atoms with E-state index in [9.17, 15) is 22.0 Å². The third-order valence-electron chi connectivity index (χ3n) is 4.39. The Morgan fingerprint density at radius 3 is 2.39 bits per heavy atom. The van der Waals surface area contributed by atoms with Crippen LogP contribution in [-0.2, 0) is 14.8 Å². The van der Waals surface area contributed by atoms with Crippen molar-refractivity contribution in [3.63, 3.8) is 0 Å². The van der Waals surface area contributed by atoms with E-state index in [1.807, 2.05) is 0 Å². The summed E-state index contributed by atoms with van der Waals surface area (Å²) in [6, 6.07) is 8.43. The molecule has 2 N–H and O–H groups in total. The minimum atomic E-state index is -3.60. The molecule has 28 heavy (non-hydrogen) atoms. The highest BCUT2D eigenvalue weighted by Gasteiger charge is 2.22. The van der Waals surface area contributed by atoms with Gasteiger partial charge in [-0.3, -0.25) is 4.79 Å². The molecular weight excluding hydrogens is 390 g/mol. The first-order valence-electron chi connectivity index (χ1n) is 8.83. The van der Waals surface area contributed by atoms with Crippen LogP contribution < -0.4 is 14.8 Å². The maximum Gasteiger partial charge on any atom is 0.262 e. The molecule has 0 heterocycles.